The summed E-state index contributed by atoms with van der Waals surface area (Å²) in [5.74, 6) is -0.359. The van der Waals surface area contributed by atoms with Crippen LogP contribution in [0.4, 0.5) is 4.39 Å². The van der Waals surface area contributed by atoms with Gasteiger partial charge in [-0.1, -0.05) is 279 Å². The summed E-state index contributed by atoms with van der Waals surface area (Å²) in [4.78, 5) is 43.2. The van der Waals surface area contributed by atoms with Gasteiger partial charge in [-0.05, 0) is 319 Å². The zero-order chi connectivity index (χ0) is 98.6. The van der Waals surface area contributed by atoms with E-state index < -0.39 is 0 Å². The molecular formula is C135H89FN12. The topological polar surface area (TPSA) is 131 Å². The number of aromatic nitrogens is 12. The second kappa shape index (κ2) is 39.8. The number of rotatable bonds is 18. The van der Waals surface area contributed by atoms with E-state index in [2.05, 4.69) is 404 Å². The van der Waals surface area contributed by atoms with Crippen molar-refractivity contribution in [1.29, 1.82) is 0 Å². The number of hydrogen-bond donors (Lipinski definition) is 0. The molecule has 0 bridgehead atoms. The molecule has 0 amide bonds. The van der Waals surface area contributed by atoms with E-state index in [0.29, 0.717) is 22.6 Å². The molecule has 12 aromatic heterocycles. The number of para-hydroxylation sites is 3. The fourth-order valence-electron chi connectivity index (χ4n) is 20.3. The average Bonchev–Trinajstić information content (AvgIpc) is 1.58. The van der Waals surface area contributed by atoms with Gasteiger partial charge in [0.2, 0.25) is 0 Å². The van der Waals surface area contributed by atoms with Gasteiger partial charge >= 0.3 is 0 Å². The van der Waals surface area contributed by atoms with E-state index in [4.69, 9.17) is 24.9 Å². The molecule has 0 aliphatic rings. The molecule has 0 spiro atoms. The third-order valence-corrected chi connectivity index (χ3v) is 27.4. The van der Waals surface area contributed by atoms with Crippen molar-refractivity contribution in [3.63, 3.8) is 0 Å². The third-order valence-electron chi connectivity index (χ3n) is 27.4. The number of fused-ring (bicyclic) bond motifs is 9. The predicted molar refractivity (Wildman–Crippen MR) is 604 cm³/mol. The molecule has 0 atom stereocenters. The van der Waals surface area contributed by atoms with Gasteiger partial charge in [0.15, 0.2) is 0 Å². The summed E-state index contributed by atoms with van der Waals surface area (Å²) >= 11 is 0. The van der Waals surface area contributed by atoms with Crippen LogP contribution in [-0.4, -0.2) is 58.6 Å². The highest BCUT2D eigenvalue weighted by Gasteiger charge is 2.24. The lowest BCUT2D eigenvalue weighted by molar-refractivity contribution is 0.630. The molecule has 0 aliphatic carbocycles. The molecule has 696 valence electrons. The quantitative estimate of drug-likeness (QED) is 0.0824. The van der Waals surface area contributed by atoms with Crippen LogP contribution in [-0.2, 0) is 0 Å². The Morgan fingerprint density at radius 1 is 0.162 bits per heavy atom. The van der Waals surface area contributed by atoms with Crippen LogP contribution in [0.3, 0.4) is 0 Å². The van der Waals surface area contributed by atoms with E-state index in [9.17, 15) is 0 Å². The molecular weight excluding hydrogens is 1810 g/mol. The van der Waals surface area contributed by atoms with Gasteiger partial charge in [-0.25, -0.2) is 24.3 Å². The maximum atomic E-state index is 16.5. The molecule has 0 aliphatic heterocycles. The van der Waals surface area contributed by atoms with Gasteiger partial charge in [-0.2, -0.15) is 0 Å². The Labute approximate surface area is 854 Å². The van der Waals surface area contributed by atoms with Crippen molar-refractivity contribution < 1.29 is 4.39 Å². The van der Waals surface area contributed by atoms with Crippen LogP contribution < -0.4 is 0 Å². The molecule has 0 saturated heterocycles. The van der Waals surface area contributed by atoms with Crippen molar-refractivity contribution in [3.05, 3.63) is 547 Å². The Balaban J connectivity index is 0.000000115. The van der Waals surface area contributed by atoms with E-state index in [0.717, 1.165) is 201 Å². The average molecular weight is 1900 g/mol. The van der Waals surface area contributed by atoms with E-state index >= 15 is 4.39 Å². The molecule has 0 fully saturated rings. The summed E-state index contributed by atoms with van der Waals surface area (Å²) in [6.07, 6.45) is 12.8. The van der Waals surface area contributed by atoms with E-state index in [-0.39, 0.29) is 5.82 Å². The smallest absolute Gasteiger partial charge is 0.145 e. The zero-order valence-corrected chi connectivity index (χ0v) is 80.1. The Morgan fingerprint density at radius 3 is 0.926 bits per heavy atom. The van der Waals surface area contributed by atoms with Gasteiger partial charge in [0.1, 0.15) is 11.5 Å². The lowest BCUT2D eigenvalue weighted by Crippen LogP contribution is -1.98. The van der Waals surface area contributed by atoms with Crippen molar-refractivity contribution in [2.24, 2.45) is 0 Å². The van der Waals surface area contributed by atoms with Crippen LogP contribution in [0, 0.1) is 5.82 Å². The molecule has 12 heterocycles. The summed E-state index contributed by atoms with van der Waals surface area (Å²) in [5.41, 5.74) is 39.7. The molecule has 0 radical (unpaired) electrons. The Hall–Kier alpha value is -20.0. The maximum absolute atomic E-state index is 16.5. The first-order chi connectivity index (χ1) is 73.3. The number of benzene rings is 15. The number of pyridine rings is 9. The van der Waals surface area contributed by atoms with Gasteiger partial charge in [0, 0.05) is 104 Å². The number of nitrogens with zero attached hydrogens (tertiary/aromatic N) is 12. The molecule has 27 rings (SSSR count). The highest BCUT2D eigenvalue weighted by Crippen LogP contribution is 2.44. The lowest BCUT2D eigenvalue weighted by Gasteiger charge is -2.14. The first-order valence-electron chi connectivity index (χ1n) is 49.4. The van der Waals surface area contributed by atoms with Crippen LogP contribution in [0.15, 0.2) is 541 Å². The van der Waals surface area contributed by atoms with Crippen molar-refractivity contribution in [1.82, 2.24) is 58.6 Å². The summed E-state index contributed by atoms with van der Waals surface area (Å²) < 4.78 is 23.1. The van der Waals surface area contributed by atoms with Crippen molar-refractivity contribution in [3.8, 4) is 185 Å². The second-order valence-corrected chi connectivity index (χ2v) is 36.6. The molecule has 148 heavy (non-hydrogen) atoms. The molecule has 15 aromatic carbocycles. The Kier molecular flexibility index (Phi) is 24.0. The Bertz CT molecular complexity index is 8850. The highest BCUT2D eigenvalue weighted by molar-refractivity contribution is 6.11. The fourth-order valence-corrected chi connectivity index (χ4v) is 20.3. The number of hydrogen-bond acceptors (Lipinski definition) is 9. The predicted octanol–water partition coefficient (Wildman–Crippen LogP) is 34.1. The minimum absolute atomic E-state index is 0.359. The summed E-state index contributed by atoms with van der Waals surface area (Å²) in [6, 6.07) is 172. The second-order valence-electron chi connectivity index (χ2n) is 36.6. The minimum Gasteiger partial charge on any atom is -0.309 e. The normalized spacial score (nSPS) is 11.3. The number of halogens is 1. The minimum atomic E-state index is -0.359. The SMILES string of the molecule is Fc1cc(-n2c3ccccc3c3cnccc32)ccc1-c1cc(-c2cc(-c3ccccc3)cc(-c3ccccc3)c2)cc(-c2ccccn2)n1.c1ccc(-c2cc(-c3ccccc3)cc(-c3cc(-c4ccc(-n5c6ccccc6c6cccnc65)cc4)cc(-c4ccccn4)n3)c2)cc1.c1ccc(-c2cc(-c3ccccc3)cc(-c3cc(-c4ccc(-n5c6ccccc6c6ncccc65)cc4)nc(-c4ccccn4)c3)c2)cc1. The molecule has 0 unspecified atom stereocenters. The van der Waals surface area contributed by atoms with E-state index in [1.165, 1.54) is 27.6 Å². The highest BCUT2D eigenvalue weighted by atomic mass is 19.1. The van der Waals surface area contributed by atoms with Gasteiger partial charge < -0.3 is 9.13 Å². The summed E-state index contributed by atoms with van der Waals surface area (Å²) in [7, 11) is 0. The first-order valence-corrected chi connectivity index (χ1v) is 49.4. The maximum Gasteiger partial charge on any atom is 0.145 e. The first kappa shape index (κ1) is 89.3. The lowest BCUT2D eigenvalue weighted by atomic mass is 9.92. The van der Waals surface area contributed by atoms with Gasteiger partial charge in [0.05, 0.1) is 84.3 Å². The van der Waals surface area contributed by atoms with Gasteiger partial charge in [-0.15, -0.1) is 0 Å². The van der Waals surface area contributed by atoms with Crippen LogP contribution in [0.1, 0.15) is 0 Å². The van der Waals surface area contributed by atoms with Gasteiger partial charge in [0.25, 0.3) is 0 Å². The van der Waals surface area contributed by atoms with Crippen molar-refractivity contribution in [2.45, 2.75) is 0 Å². The largest absolute Gasteiger partial charge is 0.309 e. The summed E-state index contributed by atoms with van der Waals surface area (Å²) in [6.45, 7) is 0. The van der Waals surface area contributed by atoms with Crippen molar-refractivity contribution in [2.75, 3.05) is 0 Å². The Morgan fingerprint density at radius 2 is 0.466 bits per heavy atom. The molecule has 27 aromatic rings. The molecule has 0 N–H and O–H groups in total. The third kappa shape index (κ3) is 18.0. The van der Waals surface area contributed by atoms with Crippen LogP contribution >= 0.6 is 0 Å². The standard InChI is InChI=1S/C45H29FN4.2C45H30N4/c46-40-28-36(50-44-17-8-7-15-37(44)39-29-47-22-20-45(39)50)18-19-38(40)42-26-35(27-43(49-42)41-16-9-10-21-48-41)34-24-32(30-11-3-1-4-12-30)23-33(25-34)31-13-5-2-6-14-31;1-3-12-31(13-4-1)34-26-35(32-14-5-2-6-15-32)28-37(27-34)42-29-36(30-43(48-42)41-18-9-10-24-46-41)33-20-22-38(23-21-33)49-44-19-8-7-16-39(44)40-17-11-25-47-45(40)49;1-3-12-31(13-4-1)34-26-35(32-14-5-2-6-15-32)28-36(27-34)37-29-41(48-42(30-37)40-17-9-10-24-46-40)33-20-22-38(23-21-33)49-43-18-8-7-16-39(43)45-44(49)19-11-25-47-45/h1-29H;2*1-30H. The van der Waals surface area contributed by atoms with Crippen molar-refractivity contribution >= 4 is 65.7 Å². The summed E-state index contributed by atoms with van der Waals surface area (Å²) in [5, 5.41) is 5.58. The van der Waals surface area contributed by atoms with E-state index in [1.807, 2.05) is 152 Å². The van der Waals surface area contributed by atoms with Crippen LogP contribution in [0.25, 0.3) is 251 Å². The molecule has 0 saturated carbocycles. The monoisotopic (exact) mass is 1900 g/mol. The van der Waals surface area contributed by atoms with E-state index in [1.54, 1.807) is 18.5 Å². The zero-order valence-electron chi connectivity index (χ0n) is 80.1. The molecule has 13 heteroatoms. The van der Waals surface area contributed by atoms with Crippen LogP contribution in [0.2, 0.25) is 0 Å². The van der Waals surface area contributed by atoms with Crippen LogP contribution in [0.5, 0.6) is 0 Å². The fraction of sp³-hybridized carbons (Fsp3) is 0. The van der Waals surface area contributed by atoms with Gasteiger partial charge in [-0.3, -0.25) is 29.5 Å². The molecule has 12 nitrogen and oxygen atoms in total.